The highest BCUT2D eigenvalue weighted by Gasteiger charge is 2.08. The van der Waals surface area contributed by atoms with Crippen molar-refractivity contribution in [2.75, 3.05) is 0 Å². The maximum Gasteiger partial charge on any atom is 0.276 e. The summed E-state index contributed by atoms with van der Waals surface area (Å²) in [6.45, 7) is 0. The predicted octanol–water partition coefficient (Wildman–Crippen LogP) is 0.677. The maximum absolute atomic E-state index is 10.4. The number of allylic oxidation sites excluding steroid dienone is 1. The fourth-order valence-corrected chi connectivity index (χ4v) is 2.24. The van der Waals surface area contributed by atoms with Gasteiger partial charge >= 0.3 is 0 Å². The summed E-state index contributed by atoms with van der Waals surface area (Å²) < 4.78 is 24.5. The van der Waals surface area contributed by atoms with Crippen molar-refractivity contribution in [3.05, 3.63) is 11.5 Å². The van der Waals surface area contributed by atoms with Gasteiger partial charge in [0.2, 0.25) is 0 Å². The van der Waals surface area contributed by atoms with Crippen molar-refractivity contribution in [2.24, 2.45) is 4.40 Å². The van der Waals surface area contributed by atoms with Crippen LogP contribution in [-0.4, -0.2) is 12.1 Å². The summed E-state index contributed by atoms with van der Waals surface area (Å²) in [6, 6.07) is 0. The molecule has 0 bridgehead atoms. The molecule has 0 N–H and O–H groups in total. The third-order valence-corrected chi connectivity index (χ3v) is 2.45. The first kappa shape index (κ1) is 6.21. The molecule has 0 radical (unpaired) electrons. The Morgan fingerprint density at radius 2 is 2.25 bits per heavy atom. The van der Waals surface area contributed by atoms with E-state index < -0.39 is 10.0 Å². The van der Waals surface area contributed by atoms with Crippen LogP contribution in [0.15, 0.2) is 15.9 Å². The van der Waals surface area contributed by atoms with Crippen LogP contribution in [0.25, 0.3) is 0 Å². The van der Waals surface area contributed by atoms with Crippen LogP contribution < -0.4 is 0 Å². The van der Waals surface area contributed by atoms with E-state index in [0.29, 0.717) is 3.72 Å². The van der Waals surface area contributed by atoms with Gasteiger partial charge in [-0.25, -0.2) is 0 Å². The van der Waals surface area contributed by atoms with Gasteiger partial charge in [0.25, 0.3) is 10.0 Å². The van der Waals surface area contributed by atoms with Crippen molar-refractivity contribution in [1.82, 2.24) is 0 Å². The number of rotatable bonds is 0. The predicted molar refractivity (Wildman–Crippen MR) is 39.5 cm³/mol. The molecule has 0 aromatic heterocycles. The first-order valence-corrected chi connectivity index (χ1v) is 4.37. The average Bonchev–Trinajstić information content (AvgIpc) is 1.82. The Balaban J connectivity index is 3.21. The molecule has 0 amide bonds. The quantitative estimate of drug-likeness (QED) is 0.587. The number of hydrogen-bond acceptors (Lipinski definition) is 2. The van der Waals surface area contributed by atoms with E-state index in [1.807, 2.05) is 22.6 Å². The third-order valence-electron chi connectivity index (χ3n) is 0.592. The Kier molecular flexibility index (Phi) is 1.40. The zero-order valence-corrected chi connectivity index (χ0v) is 6.68. The van der Waals surface area contributed by atoms with Gasteiger partial charge in [-0.2, -0.15) is 12.8 Å². The van der Waals surface area contributed by atoms with Crippen molar-refractivity contribution in [3.63, 3.8) is 0 Å². The molecule has 3 nitrogen and oxygen atoms in total. The van der Waals surface area contributed by atoms with E-state index in [4.69, 9.17) is 0 Å². The molecule has 0 aromatic rings. The average molecular weight is 243 g/mol. The zero-order valence-electron chi connectivity index (χ0n) is 3.70. The van der Waals surface area contributed by atoms with E-state index in [-0.39, 0.29) is 0 Å². The van der Waals surface area contributed by atoms with Gasteiger partial charge < -0.3 is 0 Å². The molecule has 0 saturated carbocycles. The zero-order chi connectivity index (χ0) is 6.20. The van der Waals surface area contributed by atoms with Crippen LogP contribution in [0, 0.1) is 0 Å². The molecule has 1 aliphatic heterocycles. The Bertz CT molecular complexity index is 250. The molecule has 5 heteroatoms. The topological polar surface area (TPSA) is 46.5 Å². The Morgan fingerprint density at radius 3 is 2.38 bits per heavy atom. The van der Waals surface area contributed by atoms with Crippen LogP contribution in [0.4, 0.5) is 0 Å². The molecule has 1 rings (SSSR count). The molecular weight excluding hydrogens is 241 g/mol. The highest BCUT2D eigenvalue weighted by atomic mass is 127. The third kappa shape index (κ3) is 1.28. The first-order valence-electron chi connectivity index (χ1n) is 1.79. The van der Waals surface area contributed by atoms with Crippen LogP contribution in [0.3, 0.4) is 0 Å². The molecule has 0 aliphatic carbocycles. The highest BCUT2D eigenvalue weighted by molar-refractivity contribution is 14.1. The van der Waals surface area contributed by atoms with Crippen LogP contribution in [0.1, 0.15) is 0 Å². The largest absolute Gasteiger partial charge is 0.276 e. The summed E-state index contributed by atoms with van der Waals surface area (Å²) in [5.41, 5.74) is 0. The van der Waals surface area contributed by atoms with Crippen LogP contribution in [-0.2, 0) is 10.0 Å². The monoisotopic (exact) mass is 243 g/mol. The van der Waals surface area contributed by atoms with Crippen molar-refractivity contribution < 1.29 is 8.42 Å². The van der Waals surface area contributed by atoms with Crippen LogP contribution in [0.5, 0.6) is 0 Å². The van der Waals surface area contributed by atoms with Crippen molar-refractivity contribution in [1.29, 1.82) is 0 Å². The molecule has 8 heavy (non-hydrogen) atoms. The fraction of sp³-hybridized carbons (Fsp3) is 0. The maximum atomic E-state index is 10.4. The van der Waals surface area contributed by atoms with E-state index in [1.165, 1.54) is 6.08 Å². The molecule has 0 aromatic carbocycles. The van der Waals surface area contributed by atoms with E-state index in [2.05, 4.69) is 4.40 Å². The van der Waals surface area contributed by atoms with Gasteiger partial charge in [0.15, 0.2) is 0 Å². The molecular formula is C3H2INO2S. The molecule has 0 unspecified atom stereocenters. The van der Waals surface area contributed by atoms with Gasteiger partial charge in [0.1, 0.15) is 3.72 Å². The fourth-order valence-electron chi connectivity index (χ4n) is 0.325. The second kappa shape index (κ2) is 1.80. The lowest BCUT2D eigenvalue weighted by Gasteiger charge is -1.75. The molecule has 1 aliphatic rings. The summed E-state index contributed by atoms with van der Waals surface area (Å²) in [7, 11) is -3.20. The summed E-state index contributed by atoms with van der Waals surface area (Å²) >= 11 is 1.84. The van der Waals surface area contributed by atoms with E-state index in [9.17, 15) is 8.42 Å². The van der Waals surface area contributed by atoms with Gasteiger partial charge in [-0.3, -0.25) is 0 Å². The molecule has 44 valence electrons. The van der Waals surface area contributed by atoms with E-state index in [1.54, 1.807) is 0 Å². The van der Waals surface area contributed by atoms with Crippen molar-refractivity contribution >= 4 is 36.3 Å². The minimum absolute atomic E-state index is 0.516. The van der Waals surface area contributed by atoms with E-state index in [0.717, 1.165) is 5.41 Å². The number of hydrogen-bond donors (Lipinski definition) is 0. The standard InChI is InChI=1S/C3H2INO2S/c4-3-1-2-8(6,7)5-3/h1-2H. The minimum atomic E-state index is -3.20. The molecule has 1 heterocycles. The van der Waals surface area contributed by atoms with Crippen molar-refractivity contribution in [3.8, 4) is 0 Å². The second-order valence-corrected chi connectivity index (χ2v) is 3.82. The lowest BCUT2D eigenvalue weighted by Crippen LogP contribution is -1.82. The summed E-state index contributed by atoms with van der Waals surface area (Å²) in [6.07, 6.45) is 1.45. The van der Waals surface area contributed by atoms with E-state index >= 15 is 0 Å². The SMILES string of the molecule is O=S1(=O)C=CC(I)=N1. The van der Waals surface area contributed by atoms with Crippen LogP contribution in [0.2, 0.25) is 0 Å². The van der Waals surface area contributed by atoms with Crippen molar-refractivity contribution in [2.45, 2.75) is 0 Å². The normalized spacial score (nSPS) is 23.4. The molecule has 0 saturated heterocycles. The second-order valence-electron chi connectivity index (χ2n) is 1.23. The first-order chi connectivity index (χ1) is 3.60. The lowest BCUT2D eigenvalue weighted by atomic mass is 10.7. The summed E-state index contributed by atoms with van der Waals surface area (Å²) in [5, 5.41) is 1.08. The smallest absolute Gasteiger partial charge is 0.200 e. The lowest BCUT2D eigenvalue weighted by molar-refractivity contribution is 0.607. The summed E-state index contributed by atoms with van der Waals surface area (Å²) in [4.78, 5) is 0. The number of nitrogens with zero attached hydrogens (tertiary/aromatic N) is 1. The minimum Gasteiger partial charge on any atom is -0.200 e. The van der Waals surface area contributed by atoms with Crippen LogP contribution >= 0.6 is 22.6 Å². The van der Waals surface area contributed by atoms with Gasteiger partial charge in [0.05, 0.1) is 5.41 Å². The highest BCUT2D eigenvalue weighted by Crippen LogP contribution is 2.08. The molecule has 0 fully saturated rings. The Hall–Kier alpha value is 0.0900. The van der Waals surface area contributed by atoms with Gasteiger partial charge in [-0.15, -0.1) is 0 Å². The van der Waals surface area contributed by atoms with Gasteiger partial charge in [-0.1, -0.05) is 0 Å². The van der Waals surface area contributed by atoms with Gasteiger partial charge in [-0.05, 0) is 28.7 Å². The van der Waals surface area contributed by atoms with Gasteiger partial charge in [0, 0.05) is 0 Å². The Morgan fingerprint density at radius 1 is 1.62 bits per heavy atom. The molecule has 0 atom stereocenters. The number of sulfonamides is 1. The Labute approximate surface area is 60.7 Å². The number of halogens is 1. The summed E-state index contributed by atoms with van der Waals surface area (Å²) in [5.74, 6) is 0. The molecule has 0 spiro atoms.